The zero-order valence-electron chi connectivity index (χ0n) is 12.4. The van der Waals surface area contributed by atoms with E-state index < -0.39 is 0 Å². The third-order valence-electron chi connectivity index (χ3n) is 5.87. The molecule has 1 saturated heterocycles. The minimum absolute atomic E-state index is 0.294. The SMILES string of the molecule is CC1(C)[C@H]2CC=C(CN3CCN(CCO)CC3)[C@H]1C2. The minimum atomic E-state index is 0.294. The van der Waals surface area contributed by atoms with Gasteiger partial charge in [0.15, 0.2) is 0 Å². The van der Waals surface area contributed by atoms with Crippen LogP contribution in [0.2, 0.25) is 0 Å². The molecule has 2 atom stereocenters. The molecule has 1 N–H and O–H groups in total. The molecule has 4 aliphatic rings. The molecule has 19 heavy (non-hydrogen) atoms. The lowest BCUT2D eigenvalue weighted by Crippen LogP contribution is -2.52. The monoisotopic (exact) mass is 264 g/mol. The maximum Gasteiger partial charge on any atom is 0.0558 e. The maximum atomic E-state index is 8.98. The van der Waals surface area contributed by atoms with E-state index in [2.05, 4.69) is 29.7 Å². The maximum absolute atomic E-state index is 8.98. The summed E-state index contributed by atoms with van der Waals surface area (Å²) in [5.41, 5.74) is 2.27. The van der Waals surface area contributed by atoms with Gasteiger partial charge in [0.05, 0.1) is 6.61 Å². The second kappa shape index (κ2) is 5.19. The smallest absolute Gasteiger partial charge is 0.0558 e. The van der Waals surface area contributed by atoms with E-state index >= 15 is 0 Å². The average molecular weight is 264 g/mol. The van der Waals surface area contributed by atoms with Crippen molar-refractivity contribution < 1.29 is 5.11 Å². The molecule has 3 heteroatoms. The van der Waals surface area contributed by atoms with E-state index in [9.17, 15) is 0 Å². The average Bonchev–Trinajstić information content (AvgIpc) is 2.41. The molecule has 108 valence electrons. The van der Waals surface area contributed by atoms with Crippen molar-refractivity contribution in [2.45, 2.75) is 26.7 Å². The zero-order chi connectivity index (χ0) is 13.5. The van der Waals surface area contributed by atoms with Crippen molar-refractivity contribution in [2.24, 2.45) is 17.3 Å². The number of hydrogen-bond donors (Lipinski definition) is 1. The third-order valence-corrected chi connectivity index (χ3v) is 5.87. The number of hydrogen-bond acceptors (Lipinski definition) is 3. The van der Waals surface area contributed by atoms with Gasteiger partial charge in [0.1, 0.15) is 0 Å². The van der Waals surface area contributed by atoms with Crippen molar-refractivity contribution in [2.75, 3.05) is 45.9 Å². The van der Waals surface area contributed by atoms with Crippen LogP contribution in [-0.2, 0) is 0 Å². The van der Waals surface area contributed by atoms with Crippen LogP contribution in [0.15, 0.2) is 11.6 Å². The summed E-state index contributed by atoms with van der Waals surface area (Å²) in [6.07, 6.45) is 5.27. The highest BCUT2D eigenvalue weighted by atomic mass is 16.3. The van der Waals surface area contributed by atoms with Crippen LogP contribution < -0.4 is 0 Å². The Bertz CT molecular complexity index is 356. The second-order valence-electron chi connectivity index (χ2n) is 7.16. The Balaban J connectivity index is 1.52. The molecule has 0 spiro atoms. The van der Waals surface area contributed by atoms with Gasteiger partial charge < -0.3 is 5.11 Å². The molecule has 0 aromatic heterocycles. The number of β-amino-alcohol motifs (C(OH)–C–C–N with tert-alkyl or cyclic N) is 1. The molecule has 0 unspecified atom stereocenters. The number of allylic oxidation sites excluding steroid dienone is 1. The van der Waals surface area contributed by atoms with Gasteiger partial charge in [-0.05, 0) is 30.1 Å². The molecule has 0 amide bonds. The van der Waals surface area contributed by atoms with Crippen LogP contribution in [0.5, 0.6) is 0 Å². The van der Waals surface area contributed by atoms with E-state index in [0.717, 1.165) is 44.6 Å². The summed E-state index contributed by atoms with van der Waals surface area (Å²) in [5, 5.41) is 8.98. The Morgan fingerprint density at radius 1 is 1.21 bits per heavy atom. The molecule has 2 fully saturated rings. The molecular formula is C16H28N2O. The number of aliphatic hydroxyl groups excluding tert-OH is 1. The first kappa shape index (κ1) is 13.6. The largest absolute Gasteiger partial charge is 0.395 e. The van der Waals surface area contributed by atoms with E-state index in [1.165, 1.54) is 19.4 Å². The molecule has 0 aromatic carbocycles. The van der Waals surface area contributed by atoms with Gasteiger partial charge in [-0.2, -0.15) is 0 Å². The summed E-state index contributed by atoms with van der Waals surface area (Å²) in [7, 11) is 0. The summed E-state index contributed by atoms with van der Waals surface area (Å²) >= 11 is 0. The first-order chi connectivity index (χ1) is 9.11. The third kappa shape index (κ3) is 2.48. The van der Waals surface area contributed by atoms with E-state index in [1.54, 1.807) is 5.57 Å². The van der Waals surface area contributed by atoms with E-state index in [0.29, 0.717) is 12.0 Å². The Morgan fingerprint density at radius 2 is 1.89 bits per heavy atom. The molecule has 1 aliphatic heterocycles. The highest BCUT2D eigenvalue weighted by Gasteiger charge is 2.51. The Labute approximate surface area is 117 Å². The summed E-state index contributed by atoms with van der Waals surface area (Å²) < 4.78 is 0. The zero-order valence-corrected chi connectivity index (χ0v) is 12.4. The quantitative estimate of drug-likeness (QED) is 0.781. The molecule has 2 bridgehead atoms. The fourth-order valence-electron chi connectivity index (χ4n) is 4.23. The van der Waals surface area contributed by atoms with Gasteiger partial charge >= 0.3 is 0 Å². The number of nitrogens with zero attached hydrogens (tertiary/aromatic N) is 2. The predicted octanol–water partition coefficient (Wildman–Crippen LogP) is 1.59. The summed E-state index contributed by atoms with van der Waals surface area (Å²) in [5.74, 6) is 1.80. The molecule has 0 aromatic rings. The van der Waals surface area contributed by atoms with E-state index in [-0.39, 0.29) is 0 Å². The Morgan fingerprint density at radius 3 is 2.47 bits per heavy atom. The summed E-state index contributed by atoms with van der Waals surface area (Å²) in [6.45, 7) is 11.8. The van der Waals surface area contributed by atoms with Gasteiger partial charge in [-0.3, -0.25) is 9.80 Å². The van der Waals surface area contributed by atoms with Crippen molar-refractivity contribution in [3.05, 3.63) is 11.6 Å². The standard InChI is InChI=1S/C16H28N2O/c1-16(2)14-4-3-13(15(16)11-14)12-18-7-5-17(6-8-18)9-10-19/h3,14-15,19H,4-12H2,1-2H3/t14-,15+/m0/s1. The lowest BCUT2D eigenvalue weighted by atomic mass is 9.49. The highest BCUT2D eigenvalue weighted by molar-refractivity contribution is 5.24. The van der Waals surface area contributed by atoms with E-state index in [1.807, 2.05) is 0 Å². The number of rotatable bonds is 4. The van der Waals surface area contributed by atoms with Crippen molar-refractivity contribution >= 4 is 0 Å². The van der Waals surface area contributed by atoms with Crippen molar-refractivity contribution in [3.63, 3.8) is 0 Å². The first-order valence-corrected chi connectivity index (χ1v) is 7.85. The van der Waals surface area contributed by atoms with Gasteiger partial charge in [0, 0.05) is 39.3 Å². The van der Waals surface area contributed by atoms with Gasteiger partial charge in [-0.25, -0.2) is 0 Å². The lowest BCUT2D eigenvalue weighted by Gasteiger charge is -2.57. The van der Waals surface area contributed by atoms with Gasteiger partial charge in [-0.1, -0.05) is 25.5 Å². The number of piperazine rings is 1. The van der Waals surface area contributed by atoms with Crippen molar-refractivity contribution in [3.8, 4) is 0 Å². The molecule has 3 aliphatic carbocycles. The van der Waals surface area contributed by atoms with E-state index in [4.69, 9.17) is 5.11 Å². The van der Waals surface area contributed by atoms with Crippen LogP contribution in [0.1, 0.15) is 26.7 Å². The van der Waals surface area contributed by atoms with Crippen molar-refractivity contribution in [1.82, 2.24) is 9.80 Å². The van der Waals surface area contributed by atoms with Crippen LogP contribution >= 0.6 is 0 Å². The molecule has 1 heterocycles. The fourth-order valence-corrected chi connectivity index (χ4v) is 4.23. The van der Waals surface area contributed by atoms with Gasteiger partial charge in [0.25, 0.3) is 0 Å². The van der Waals surface area contributed by atoms with Gasteiger partial charge in [-0.15, -0.1) is 0 Å². The van der Waals surface area contributed by atoms with Crippen LogP contribution in [0, 0.1) is 17.3 Å². The van der Waals surface area contributed by atoms with Crippen LogP contribution in [-0.4, -0.2) is 60.8 Å². The normalized spacial score (nSPS) is 34.8. The first-order valence-electron chi connectivity index (χ1n) is 7.85. The highest BCUT2D eigenvalue weighted by Crippen LogP contribution is 2.59. The molecule has 3 nitrogen and oxygen atoms in total. The molecular weight excluding hydrogens is 236 g/mol. The minimum Gasteiger partial charge on any atom is -0.395 e. The van der Waals surface area contributed by atoms with Crippen LogP contribution in [0.4, 0.5) is 0 Å². The van der Waals surface area contributed by atoms with Crippen LogP contribution in [0.25, 0.3) is 0 Å². The number of aliphatic hydroxyl groups is 1. The molecule has 0 radical (unpaired) electrons. The predicted molar refractivity (Wildman–Crippen MR) is 78.0 cm³/mol. The lowest BCUT2D eigenvalue weighted by molar-refractivity contribution is -0.0122. The topological polar surface area (TPSA) is 26.7 Å². The fraction of sp³-hybridized carbons (Fsp3) is 0.875. The molecule has 4 rings (SSSR count). The second-order valence-corrected chi connectivity index (χ2v) is 7.16. The molecule has 1 saturated carbocycles. The Kier molecular flexibility index (Phi) is 3.71. The summed E-state index contributed by atoms with van der Waals surface area (Å²) in [4.78, 5) is 4.98. The summed E-state index contributed by atoms with van der Waals surface area (Å²) in [6, 6.07) is 0. The number of fused-ring (bicyclic) bond motifs is 1. The Hall–Kier alpha value is -0.380. The van der Waals surface area contributed by atoms with Gasteiger partial charge in [0.2, 0.25) is 0 Å². The van der Waals surface area contributed by atoms with Crippen LogP contribution in [0.3, 0.4) is 0 Å². The van der Waals surface area contributed by atoms with Crippen molar-refractivity contribution in [1.29, 1.82) is 0 Å².